The first kappa shape index (κ1) is 22.3. The zero-order chi connectivity index (χ0) is 23.6. The number of carbonyl (C=O) groups excluding carboxylic acids is 1. The number of hydrogen-bond acceptors (Lipinski definition) is 6. The van der Waals surface area contributed by atoms with Crippen molar-refractivity contribution in [2.24, 2.45) is 5.73 Å². The van der Waals surface area contributed by atoms with Gasteiger partial charge in [-0.15, -0.1) is 5.10 Å². The fourth-order valence-corrected chi connectivity index (χ4v) is 4.46. The number of aromatic nitrogens is 3. The second-order valence-electron chi connectivity index (χ2n) is 7.30. The molecule has 0 fully saturated rings. The van der Waals surface area contributed by atoms with Crippen LogP contribution in [0.15, 0.2) is 77.8 Å². The summed E-state index contributed by atoms with van der Waals surface area (Å²) in [7, 11) is -3.95. The Kier molecular flexibility index (Phi) is 6.03. The minimum atomic E-state index is -3.95. The number of sulfone groups is 1. The molecule has 1 aromatic heterocycles. The molecule has 3 aromatic carbocycles. The van der Waals surface area contributed by atoms with Gasteiger partial charge in [0, 0.05) is 18.4 Å². The molecule has 8 nitrogen and oxygen atoms in total. The van der Waals surface area contributed by atoms with Gasteiger partial charge in [-0.3, -0.25) is 4.79 Å². The third-order valence-corrected chi connectivity index (χ3v) is 6.11. The van der Waals surface area contributed by atoms with E-state index in [2.05, 4.69) is 15.6 Å². The van der Waals surface area contributed by atoms with Crippen LogP contribution in [0.5, 0.6) is 0 Å². The third kappa shape index (κ3) is 4.52. The minimum absolute atomic E-state index is 0.0385. The molecule has 1 amide bonds. The number of hydrogen-bond donors (Lipinski definition) is 2. The van der Waals surface area contributed by atoms with Crippen LogP contribution in [0.25, 0.3) is 16.8 Å². The molecule has 3 N–H and O–H groups in total. The number of nitrogens with two attached hydrogens (primary N) is 1. The molecule has 0 aliphatic heterocycles. The molecule has 0 atom stereocenters. The Morgan fingerprint density at radius 1 is 1.09 bits per heavy atom. The van der Waals surface area contributed by atoms with Gasteiger partial charge < -0.3 is 11.1 Å². The number of nitrogens with one attached hydrogen (secondary N) is 1. The van der Waals surface area contributed by atoms with Crippen LogP contribution in [-0.4, -0.2) is 35.6 Å². The molecule has 4 aromatic rings. The van der Waals surface area contributed by atoms with E-state index < -0.39 is 26.5 Å². The highest BCUT2D eigenvalue weighted by atomic mass is 32.2. The second kappa shape index (κ2) is 8.93. The number of amides is 1. The summed E-state index contributed by atoms with van der Waals surface area (Å²) >= 11 is 0. The highest BCUT2D eigenvalue weighted by Crippen LogP contribution is 2.33. The summed E-state index contributed by atoms with van der Waals surface area (Å²) in [5.74, 6) is -1.75. The first-order chi connectivity index (χ1) is 15.8. The quantitative estimate of drug-likeness (QED) is 0.451. The first-order valence-corrected chi connectivity index (χ1v) is 11.8. The predicted octanol–water partition coefficient (Wildman–Crippen LogP) is 3.19. The maximum atomic E-state index is 15.4. The molecule has 0 aliphatic carbocycles. The molecule has 4 rings (SSSR count). The first-order valence-electron chi connectivity index (χ1n) is 9.89. The van der Waals surface area contributed by atoms with Crippen molar-refractivity contribution >= 4 is 21.4 Å². The van der Waals surface area contributed by atoms with Gasteiger partial charge in [-0.2, -0.15) is 0 Å². The summed E-state index contributed by atoms with van der Waals surface area (Å²) in [5, 5.41) is 10.2. The van der Waals surface area contributed by atoms with Crippen molar-refractivity contribution in [3.05, 3.63) is 90.0 Å². The zero-order valence-electron chi connectivity index (χ0n) is 17.6. The lowest BCUT2D eigenvalue weighted by molar-refractivity contribution is 0.101. The van der Waals surface area contributed by atoms with Gasteiger partial charge in [0.1, 0.15) is 4.90 Å². The van der Waals surface area contributed by atoms with Crippen molar-refractivity contribution in [1.29, 1.82) is 0 Å². The number of rotatable bonds is 6. The molecule has 1 heterocycles. The Hall–Kier alpha value is -3.89. The average Bonchev–Trinajstić information content (AvgIpc) is 3.30. The SMILES string of the molecule is CS(=O)(=O)c1c(-c2ccccc2)ccc(NC(=O)c2cnnn2-c2cccc(CN)c2)c1F. The molecule has 0 aliphatic rings. The molecular weight excluding hydrogens is 445 g/mol. The zero-order valence-corrected chi connectivity index (χ0v) is 18.4. The third-order valence-electron chi connectivity index (χ3n) is 4.97. The van der Waals surface area contributed by atoms with E-state index in [1.54, 1.807) is 48.5 Å². The monoisotopic (exact) mass is 465 g/mol. The molecular formula is C23H20FN5O3S. The summed E-state index contributed by atoms with van der Waals surface area (Å²) in [6.45, 7) is 0.303. The van der Waals surface area contributed by atoms with E-state index in [1.807, 2.05) is 6.07 Å². The van der Waals surface area contributed by atoms with E-state index in [1.165, 1.54) is 23.0 Å². The van der Waals surface area contributed by atoms with E-state index in [0.717, 1.165) is 11.8 Å². The van der Waals surface area contributed by atoms with Gasteiger partial charge >= 0.3 is 0 Å². The van der Waals surface area contributed by atoms with Gasteiger partial charge in [-0.1, -0.05) is 53.7 Å². The number of carbonyl (C=O) groups is 1. The normalized spacial score (nSPS) is 11.4. The lowest BCUT2D eigenvalue weighted by Crippen LogP contribution is -2.19. The molecule has 0 saturated heterocycles. The molecule has 0 spiro atoms. The van der Waals surface area contributed by atoms with Gasteiger partial charge in [0.05, 0.1) is 17.6 Å². The van der Waals surface area contributed by atoms with Gasteiger partial charge in [-0.25, -0.2) is 17.5 Å². The van der Waals surface area contributed by atoms with Crippen molar-refractivity contribution in [2.45, 2.75) is 11.4 Å². The van der Waals surface area contributed by atoms with Gasteiger partial charge in [0.2, 0.25) is 0 Å². The van der Waals surface area contributed by atoms with Crippen molar-refractivity contribution in [2.75, 3.05) is 11.6 Å². The maximum Gasteiger partial charge on any atom is 0.276 e. The van der Waals surface area contributed by atoms with Crippen LogP contribution in [-0.2, 0) is 16.4 Å². The lowest BCUT2D eigenvalue weighted by Gasteiger charge is -2.14. The topological polar surface area (TPSA) is 120 Å². The highest BCUT2D eigenvalue weighted by molar-refractivity contribution is 7.90. The Morgan fingerprint density at radius 2 is 1.85 bits per heavy atom. The van der Waals surface area contributed by atoms with E-state index in [9.17, 15) is 13.2 Å². The molecule has 10 heteroatoms. The minimum Gasteiger partial charge on any atom is -0.326 e. The number of halogens is 1. The van der Waals surface area contributed by atoms with Crippen molar-refractivity contribution in [3.8, 4) is 16.8 Å². The van der Waals surface area contributed by atoms with E-state index in [-0.39, 0.29) is 16.9 Å². The van der Waals surface area contributed by atoms with Crippen LogP contribution >= 0.6 is 0 Å². The van der Waals surface area contributed by atoms with Crippen LogP contribution in [0.2, 0.25) is 0 Å². The van der Waals surface area contributed by atoms with Crippen molar-refractivity contribution in [1.82, 2.24) is 15.0 Å². The Balaban J connectivity index is 1.73. The summed E-state index contributed by atoms with van der Waals surface area (Å²) in [6.07, 6.45) is 2.16. The second-order valence-corrected chi connectivity index (χ2v) is 9.25. The largest absolute Gasteiger partial charge is 0.326 e. The summed E-state index contributed by atoms with van der Waals surface area (Å²) in [5.41, 5.74) is 7.57. The number of benzene rings is 3. The molecule has 0 bridgehead atoms. The smallest absolute Gasteiger partial charge is 0.276 e. The van der Waals surface area contributed by atoms with E-state index >= 15 is 4.39 Å². The van der Waals surface area contributed by atoms with Gasteiger partial charge in [-0.05, 0) is 29.3 Å². The molecule has 168 valence electrons. The Bertz CT molecular complexity index is 1440. The van der Waals surface area contributed by atoms with E-state index in [0.29, 0.717) is 17.8 Å². The van der Waals surface area contributed by atoms with Crippen LogP contribution in [0.4, 0.5) is 10.1 Å². The Morgan fingerprint density at radius 3 is 2.55 bits per heavy atom. The standard InChI is InChI=1S/C23H20FN5O3S/c1-33(31,32)22-18(16-7-3-2-4-8-16)10-11-19(21(22)24)27-23(30)20-14-26-28-29(20)17-9-5-6-15(12-17)13-25/h2-12,14H,13,25H2,1H3,(H,27,30). The Labute approximate surface area is 189 Å². The molecule has 0 saturated carbocycles. The fraction of sp³-hybridized carbons (Fsp3) is 0.0870. The predicted molar refractivity (Wildman–Crippen MR) is 122 cm³/mol. The average molecular weight is 466 g/mol. The van der Waals surface area contributed by atoms with Crippen LogP contribution < -0.4 is 11.1 Å². The van der Waals surface area contributed by atoms with Crippen LogP contribution in [0, 0.1) is 5.82 Å². The lowest BCUT2D eigenvalue weighted by atomic mass is 10.0. The molecule has 0 unspecified atom stereocenters. The summed E-state index contributed by atoms with van der Waals surface area (Å²) < 4.78 is 41.5. The van der Waals surface area contributed by atoms with Gasteiger partial charge in [0.15, 0.2) is 21.3 Å². The fourth-order valence-electron chi connectivity index (χ4n) is 3.44. The van der Waals surface area contributed by atoms with Crippen LogP contribution in [0.3, 0.4) is 0 Å². The van der Waals surface area contributed by atoms with E-state index in [4.69, 9.17) is 5.73 Å². The maximum absolute atomic E-state index is 15.4. The highest BCUT2D eigenvalue weighted by Gasteiger charge is 2.25. The number of nitrogens with zero attached hydrogens (tertiary/aromatic N) is 3. The molecule has 33 heavy (non-hydrogen) atoms. The number of anilines is 1. The molecule has 0 radical (unpaired) electrons. The van der Waals surface area contributed by atoms with Gasteiger partial charge in [0.25, 0.3) is 5.91 Å². The summed E-state index contributed by atoms with van der Waals surface area (Å²) in [4.78, 5) is 12.4. The van der Waals surface area contributed by atoms with Crippen molar-refractivity contribution in [3.63, 3.8) is 0 Å². The van der Waals surface area contributed by atoms with Crippen molar-refractivity contribution < 1.29 is 17.6 Å². The van der Waals surface area contributed by atoms with Crippen LogP contribution in [0.1, 0.15) is 16.1 Å². The summed E-state index contributed by atoms with van der Waals surface area (Å²) in [6, 6.07) is 18.4.